The highest BCUT2D eigenvalue weighted by Crippen LogP contribution is 2.15. The molecule has 1 unspecified atom stereocenters. The number of ether oxygens (including phenoxy) is 1. The van der Waals surface area contributed by atoms with Gasteiger partial charge in [0.05, 0.1) is 0 Å². The van der Waals surface area contributed by atoms with E-state index in [1.807, 2.05) is 0 Å². The van der Waals surface area contributed by atoms with E-state index in [1.165, 1.54) is 6.07 Å². The van der Waals surface area contributed by atoms with E-state index in [0.717, 1.165) is 0 Å². The molecule has 2 saturated heterocycles. The summed E-state index contributed by atoms with van der Waals surface area (Å²) in [6, 6.07) is 5.16. The summed E-state index contributed by atoms with van der Waals surface area (Å²) in [5.74, 6) is -0.534. The number of carbonyl (C=O) groups excluding carboxylic acids is 3. The van der Waals surface area contributed by atoms with Crippen molar-refractivity contribution in [2.45, 2.75) is 18.9 Å². The summed E-state index contributed by atoms with van der Waals surface area (Å²) >= 11 is 0. The summed E-state index contributed by atoms with van der Waals surface area (Å²) in [7, 11) is 0. The van der Waals surface area contributed by atoms with Crippen molar-refractivity contribution < 1.29 is 23.5 Å². The molecular formula is C18H23FN4O4. The fourth-order valence-electron chi connectivity index (χ4n) is 3.16. The van der Waals surface area contributed by atoms with Crippen molar-refractivity contribution in [3.63, 3.8) is 0 Å². The number of nitrogens with one attached hydrogen (secondary N) is 2. The molecule has 2 aliphatic rings. The summed E-state index contributed by atoms with van der Waals surface area (Å²) in [5.41, 5.74) is 0. The molecule has 146 valence electrons. The maximum Gasteiger partial charge on any atom is 0.322 e. The Labute approximate surface area is 156 Å². The summed E-state index contributed by atoms with van der Waals surface area (Å²) in [6.07, 6.45) is 0.516. The lowest BCUT2D eigenvalue weighted by Gasteiger charge is -2.34. The summed E-state index contributed by atoms with van der Waals surface area (Å²) in [5, 5.41) is 4.65. The molecule has 0 radical (unpaired) electrons. The molecule has 2 aliphatic heterocycles. The van der Waals surface area contributed by atoms with Gasteiger partial charge in [-0.05, 0) is 18.6 Å². The minimum Gasteiger partial charge on any atom is -0.489 e. The number of piperazine rings is 1. The smallest absolute Gasteiger partial charge is 0.322 e. The first-order valence-corrected chi connectivity index (χ1v) is 9.02. The number of rotatable bonds is 7. The van der Waals surface area contributed by atoms with Crippen LogP contribution in [0.4, 0.5) is 9.18 Å². The van der Waals surface area contributed by atoms with E-state index >= 15 is 0 Å². The zero-order valence-electron chi connectivity index (χ0n) is 14.9. The summed E-state index contributed by atoms with van der Waals surface area (Å²) in [6.45, 7) is 3.67. The highest BCUT2D eigenvalue weighted by molar-refractivity contribution is 6.04. The Morgan fingerprint density at radius 3 is 2.59 bits per heavy atom. The van der Waals surface area contributed by atoms with Gasteiger partial charge in [0.25, 0.3) is 5.91 Å². The second kappa shape index (κ2) is 8.81. The third kappa shape index (κ3) is 5.16. The van der Waals surface area contributed by atoms with E-state index in [-0.39, 0.29) is 29.8 Å². The number of benzene rings is 1. The van der Waals surface area contributed by atoms with Crippen molar-refractivity contribution >= 4 is 17.8 Å². The van der Waals surface area contributed by atoms with Gasteiger partial charge in [0.2, 0.25) is 5.91 Å². The lowest BCUT2D eigenvalue weighted by Crippen LogP contribution is -2.49. The highest BCUT2D eigenvalue weighted by atomic mass is 19.1. The van der Waals surface area contributed by atoms with Crippen LogP contribution in [-0.2, 0) is 9.59 Å². The fourth-order valence-corrected chi connectivity index (χ4v) is 3.16. The van der Waals surface area contributed by atoms with Crippen LogP contribution in [0.15, 0.2) is 24.3 Å². The normalized spacial score (nSPS) is 20.3. The predicted molar refractivity (Wildman–Crippen MR) is 94.6 cm³/mol. The van der Waals surface area contributed by atoms with Crippen LogP contribution in [-0.4, -0.2) is 73.0 Å². The number of nitrogens with zero attached hydrogens (tertiary/aromatic N) is 2. The topological polar surface area (TPSA) is 91.0 Å². The molecule has 0 aromatic heterocycles. The van der Waals surface area contributed by atoms with Gasteiger partial charge in [-0.25, -0.2) is 9.18 Å². The zero-order chi connectivity index (χ0) is 19.2. The second-order valence-corrected chi connectivity index (χ2v) is 6.56. The average molecular weight is 378 g/mol. The zero-order valence-corrected chi connectivity index (χ0v) is 14.9. The van der Waals surface area contributed by atoms with Crippen LogP contribution in [0.25, 0.3) is 0 Å². The van der Waals surface area contributed by atoms with Gasteiger partial charge in [-0.2, -0.15) is 0 Å². The molecule has 8 nitrogen and oxygen atoms in total. The molecule has 3 rings (SSSR count). The Balaban J connectivity index is 1.33. The second-order valence-electron chi connectivity index (χ2n) is 6.56. The van der Waals surface area contributed by atoms with E-state index in [2.05, 4.69) is 15.5 Å². The summed E-state index contributed by atoms with van der Waals surface area (Å²) in [4.78, 5) is 38.8. The molecule has 4 amide bonds. The van der Waals surface area contributed by atoms with E-state index in [1.54, 1.807) is 23.1 Å². The molecule has 2 fully saturated rings. The lowest BCUT2D eigenvalue weighted by molar-refractivity contribution is -0.133. The molecule has 0 bridgehead atoms. The molecule has 27 heavy (non-hydrogen) atoms. The first-order valence-electron chi connectivity index (χ1n) is 9.02. The Morgan fingerprint density at radius 1 is 1.19 bits per heavy atom. The molecule has 9 heteroatoms. The Bertz CT molecular complexity index is 706. The number of para-hydroxylation sites is 1. The van der Waals surface area contributed by atoms with Crippen molar-refractivity contribution in [1.82, 2.24) is 20.4 Å². The predicted octanol–water partition coefficient (Wildman–Crippen LogP) is 0.337. The monoisotopic (exact) mass is 378 g/mol. The molecule has 0 saturated carbocycles. The summed E-state index contributed by atoms with van der Waals surface area (Å²) < 4.78 is 19.0. The molecule has 0 spiro atoms. The molecular weight excluding hydrogens is 355 g/mol. The van der Waals surface area contributed by atoms with Crippen LogP contribution in [0.1, 0.15) is 12.8 Å². The molecule has 1 aromatic carbocycles. The molecule has 0 aliphatic carbocycles. The quantitative estimate of drug-likeness (QED) is 0.668. The van der Waals surface area contributed by atoms with Gasteiger partial charge >= 0.3 is 6.03 Å². The van der Waals surface area contributed by atoms with Gasteiger partial charge in [0.15, 0.2) is 11.6 Å². The third-order valence-electron chi connectivity index (χ3n) is 4.73. The van der Waals surface area contributed by atoms with Gasteiger partial charge in [-0.1, -0.05) is 12.1 Å². The first-order chi connectivity index (χ1) is 13.0. The fraction of sp³-hybridized carbons (Fsp3) is 0.500. The Hall–Kier alpha value is -2.68. The molecule has 1 aromatic rings. The standard InChI is InChI=1S/C18H23FN4O4/c19-13-3-1-2-4-15(13)27-12-11-22-7-9-23(10-8-22)16(24)6-5-14-17(25)21-18(26)20-14/h1-4,14H,5-12H2,(H2,20,21,25,26). The van der Waals surface area contributed by atoms with E-state index in [9.17, 15) is 18.8 Å². The maximum absolute atomic E-state index is 13.5. The number of hydrogen-bond donors (Lipinski definition) is 2. The number of imide groups is 1. The van der Waals surface area contributed by atoms with Gasteiger partial charge in [-0.3, -0.25) is 19.8 Å². The SMILES string of the molecule is O=C1NC(=O)C(CCC(=O)N2CCN(CCOc3ccccc3F)CC2)N1. The van der Waals surface area contributed by atoms with Crippen LogP contribution in [0.5, 0.6) is 5.75 Å². The lowest BCUT2D eigenvalue weighted by atomic mass is 10.1. The van der Waals surface area contributed by atoms with Gasteiger partial charge < -0.3 is 15.0 Å². The molecule has 2 heterocycles. The van der Waals surface area contributed by atoms with Gasteiger partial charge in [0.1, 0.15) is 12.6 Å². The average Bonchev–Trinajstić information content (AvgIpc) is 2.99. The van der Waals surface area contributed by atoms with Gasteiger partial charge in [0, 0.05) is 39.1 Å². The van der Waals surface area contributed by atoms with Crippen LogP contribution < -0.4 is 15.4 Å². The van der Waals surface area contributed by atoms with Crippen molar-refractivity contribution in [2.75, 3.05) is 39.3 Å². The van der Waals surface area contributed by atoms with E-state index < -0.39 is 12.1 Å². The van der Waals surface area contributed by atoms with Crippen molar-refractivity contribution in [3.05, 3.63) is 30.1 Å². The van der Waals surface area contributed by atoms with Crippen molar-refractivity contribution in [2.24, 2.45) is 0 Å². The number of amides is 4. The van der Waals surface area contributed by atoms with Crippen LogP contribution >= 0.6 is 0 Å². The maximum atomic E-state index is 13.5. The molecule has 1 atom stereocenters. The Kier molecular flexibility index (Phi) is 6.23. The van der Waals surface area contributed by atoms with Gasteiger partial charge in [-0.15, -0.1) is 0 Å². The number of hydrogen-bond acceptors (Lipinski definition) is 5. The van der Waals surface area contributed by atoms with E-state index in [4.69, 9.17) is 4.74 Å². The number of urea groups is 1. The minimum atomic E-state index is -0.627. The largest absolute Gasteiger partial charge is 0.489 e. The van der Waals surface area contributed by atoms with Crippen LogP contribution in [0.3, 0.4) is 0 Å². The van der Waals surface area contributed by atoms with E-state index in [0.29, 0.717) is 45.8 Å². The number of carbonyl (C=O) groups is 3. The minimum absolute atomic E-state index is 0.0220. The van der Waals surface area contributed by atoms with Crippen LogP contribution in [0, 0.1) is 5.82 Å². The van der Waals surface area contributed by atoms with Crippen molar-refractivity contribution in [3.8, 4) is 5.75 Å². The highest BCUT2D eigenvalue weighted by Gasteiger charge is 2.30. The van der Waals surface area contributed by atoms with Crippen molar-refractivity contribution in [1.29, 1.82) is 0 Å². The number of halogens is 1. The Morgan fingerprint density at radius 2 is 1.93 bits per heavy atom. The molecule has 2 N–H and O–H groups in total. The third-order valence-corrected chi connectivity index (χ3v) is 4.73. The first kappa shape index (κ1) is 19.1. The van der Waals surface area contributed by atoms with Crippen LogP contribution in [0.2, 0.25) is 0 Å².